The summed E-state index contributed by atoms with van der Waals surface area (Å²) in [6.07, 6.45) is 4.31. The smallest absolute Gasteiger partial charge is 0.264 e. The van der Waals surface area contributed by atoms with Crippen LogP contribution >= 0.6 is 11.3 Å². The van der Waals surface area contributed by atoms with Gasteiger partial charge in [0.25, 0.3) is 5.01 Å². The average molecular weight is 458 g/mol. The highest BCUT2D eigenvalue weighted by Crippen LogP contribution is 2.28. The van der Waals surface area contributed by atoms with E-state index >= 15 is 0 Å². The van der Waals surface area contributed by atoms with E-state index in [0.29, 0.717) is 0 Å². The molecule has 1 heterocycles. The van der Waals surface area contributed by atoms with E-state index in [9.17, 15) is 0 Å². The molecule has 4 aromatic rings. The molecule has 0 bridgehead atoms. The zero-order valence-corrected chi connectivity index (χ0v) is 17.2. The van der Waals surface area contributed by atoms with E-state index < -0.39 is 0 Å². The summed E-state index contributed by atoms with van der Waals surface area (Å²) in [5.74, 6) is 0. The fourth-order valence-corrected chi connectivity index (χ4v) is 4.09. The lowest BCUT2D eigenvalue weighted by molar-refractivity contribution is -0.641. The molecule has 1 aromatic heterocycles. The van der Waals surface area contributed by atoms with E-state index in [1.807, 2.05) is 17.4 Å². The Morgan fingerprint density at radius 3 is 2.44 bits per heavy atom. The van der Waals surface area contributed by atoms with Crippen molar-refractivity contribution in [3.05, 3.63) is 77.9 Å². The number of nitrogens with zero attached hydrogens (tertiary/aromatic N) is 2. The molecule has 0 spiro atoms. The van der Waals surface area contributed by atoms with E-state index in [1.165, 1.54) is 31.7 Å². The molecule has 4 rings (SSSR count). The van der Waals surface area contributed by atoms with Crippen molar-refractivity contribution in [3.63, 3.8) is 0 Å². The number of hydrogen-bond donors (Lipinski definition) is 0. The number of fused-ring (bicyclic) bond motifs is 3. The molecule has 0 saturated heterocycles. The SMILES string of the molecule is CN(C=Cc1sc2ccc3ccccc3c2[n+]1C)c1ccccc1.[I-]. The maximum Gasteiger partial charge on any atom is 0.264 e. The van der Waals surface area contributed by atoms with Crippen molar-refractivity contribution >= 4 is 44.1 Å². The number of aromatic nitrogens is 1. The second kappa shape index (κ2) is 7.54. The highest BCUT2D eigenvalue weighted by Gasteiger charge is 2.17. The van der Waals surface area contributed by atoms with Gasteiger partial charge in [0.1, 0.15) is 11.7 Å². The van der Waals surface area contributed by atoms with Crippen LogP contribution in [0.4, 0.5) is 5.69 Å². The maximum atomic E-state index is 2.29. The fraction of sp³-hybridized carbons (Fsp3) is 0.0952. The molecule has 4 heteroatoms. The number of hydrogen-bond acceptors (Lipinski definition) is 2. The maximum absolute atomic E-state index is 2.29. The Morgan fingerprint density at radius 2 is 1.64 bits per heavy atom. The van der Waals surface area contributed by atoms with Crippen LogP contribution < -0.4 is 33.4 Å². The summed E-state index contributed by atoms with van der Waals surface area (Å²) in [5, 5.41) is 3.84. The Hall–Kier alpha value is -1.92. The van der Waals surface area contributed by atoms with Crippen LogP contribution in [-0.2, 0) is 7.05 Å². The lowest BCUT2D eigenvalue weighted by atomic mass is 10.1. The average Bonchev–Trinajstić information content (AvgIpc) is 2.97. The van der Waals surface area contributed by atoms with E-state index in [-0.39, 0.29) is 24.0 Å². The summed E-state index contributed by atoms with van der Waals surface area (Å²) in [6.45, 7) is 0. The van der Waals surface area contributed by atoms with Crippen LogP contribution in [0, 0.1) is 0 Å². The predicted molar refractivity (Wildman–Crippen MR) is 104 cm³/mol. The van der Waals surface area contributed by atoms with Crippen molar-refractivity contribution < 1.29 is 28.5 Å². The van der Waals surface area contributed by atoms with Crippen LogP contribution in [0.2, 0.25) is 0 Å². The van der Waals surface area contributed by atoms with Gasteiger partial charge in [-0.2, -0.15) is 4.57 Å². The summed E-state index contributed by atoms with van der Waals surface area (Å²) < 4.78 is 3.61. The second-order valence-corrected chi connectivity index (χ2v) is 6.96. The Balaban J connectivity index is 0.00000182. The molecule has 0 saturated carbocycles. The molecule has 0 amide bonds. The minimum Gasteiger partial charge on any atom is -1.00 e. The van der Waals surface area contributed by atoms with Crippen LogP contribution in [-0.4, -0.2) is 7.05 Å². The van der Waals surface area contributed by atoms with Gasteiger partial charge in [0.15, 0.2) is 0 Å². The normalized spacial score (nSPS) is 11.1. The van der Waals surface area contributed by atoms with Gasteiger partial charge in [-0.1, -0.05) is 53.8 Å². The number of aryl methyl sites for hydroxylation is 1. The van der Waals surface area contributed by atoms with Gasteiger partial charge in [0.2, 0.25) is 5.52 Å². The molecule has 0 radical (unpaired) electrons. The number of para-hydroxylation sites is 1. The zero-order valence-electron chi connectivity index (χ0n) is 14.2. The van der Waals surface area contributed by atoms with Crippen molar-refractivity contribution in [2.75, 3.05) is 11.9 Å². The van der Waals surface area contributed by atoms with E-state index in [0.717, 1.165) is 0 Å². The van der Waals surface area contributed by atoms with Gasteiger partial charge in [0, 0.05) is 25.0 Å². The van der Waals surface area contributed by atoms with Crippen molar-refractivity contribution in [2.45, 2.75) is 0 Å². The van der Waals surface area contributed by atoms with E-state index in [1.54, 1.807) is 0 Å². The molecule has 2 nitrogen and oxygen atoms in total. The van der Waals surface area contributed by atoms with Crippen molar-refractivity contribution in [2.24, 2.45) is 7.05 Å². The Labute approximate surface area is 169 Å². The molecule has 0 unspecified atom stereocenters. The summed E-state index contributed by atoms with van der Waals surface area (Å²) >= 11 is 1.83. The van der Waals surface area contributed by atoms with Crippen LogP contribution in [0.3, 0.4) is 0 Å². The molecule has 3 aromatic carbocycles. The first-order valence-corrected chi connectivity index (χ1v) is 8.82. The van der Waals surface area contributed by atoms with Crippen LogP contribution in [0.15, 0.2) is 72.9 Å². The number of anilines is 1. The number of halogens is 1. The molecular formula is C21H19IN2S. The molecule has 0 aliphatic rings. The molecule has 0 N–H and O–H groups in total. The molecule has 126 valence electrons. The first kappa shape index (κ1) is 17.9. The zero-order chi connectivity index (χ0) is 16.5. The molecule has 0 aliphatic heterocycles. The Kier molecular flexibility index (Phi) is 5.39. The quantitative estimate of drug-likeness (QED) is 0.337. The van der Waals surface area contributed by atoms with Crippen molar-refractivity contribution in [1.29, 1.82) is 0 Å². The van der Waals surface area contributed by atoms with Crippen molar-refractivity contribution in [1.82, 2.24) is 0 Å². The molecule has 0 fully saturated rings. The lowest BCUT2D eigenvalue weighted by Crippen LogP contribution is -3.00. The highest BCUT2D eigenvalue weighted by molar-refractivity contribution is 7.19. The number of benzene rings is 3. The summed E-state index contributed by atoms with van der Waals surface area (Å²) in [6, 6.07) is 23.4. The van der Waals surface area contributed by atoms with Gasteiger partial charge < -0.3 is 28.9 Å². The lowest BCUT2D eigenvalue weighted by Gasteiger charge is -2.12. The van der Waals surface area contributed by atoms with Gasteiger partial charge in [-0.15, -0.1) is 0 Å². The molecule has 0 aliphatic carbocycles. The third kappa shape index (κ3) is 3.41. The summed E-state index contributed by atoms with van der Waals surface area (Å²) in [5.41, 5.74) is 2.49. The molecular weight excluding hydrogens is 439 g/mol. The minimum atomic E-state index is 0. The predicted octanol–water partition coefficient (Wildman–Crippen LogP) is 1.99. The first-order chi connectivity index (χ1) is 11.7. The van der Waals surface area contributed by atoms with Crippen molar-refractivity contribution in [3.8, 4) is 0 Å². The fourth-order valence-electron chi connectivity index (χ4n) is 3.03. The van der Waals surface area contributed by atoms with Gasteiger partial charge in [-0.05, 0) is 29.7 Å². The Bertz CT molecular complexity index is 1040. The summed E-state index contributed by atoms with van der Waals surface area (Å²) in [4.78, 5) is 2.14. The standard InChI is InChI=1S/C21H19N2S.HI/c1-22(17-9-4-3-5-10-17)15-14-20-23(2)21-18-11-7-6-8-16(18)12-13-19(21)24-20;/h3-15H,1-2H3;1H/q+1;/p-1. The monoisotopic (exact) mass is 458 g/mol. The Morgan fingerprint density at radius 1 is 0.920 bits per heavy atom. The first-order valence-electron chi connectivity index (χ1n) is 8.00. The van der Waals surface area contributed by atoms with E-state index in [4.69, 9.17) is 0 Å². The number of thiazole rings is 1. The third-order valence-electron chi connectivity index (χ3n) is 4.35. The second-order valence-electron chi connectivity index (χ2n) is 5.89. The number of rotatable bonds is 3. The van der Waals surface area contributed by atoms with Crippen LogP contribution in [0.1, 0.15) is 5.01 Å². The largest absolute Gasteiger partial charge is 1.00 e. The molecule has 25 heavy (non-hydrogen) atoms. The molecule has 0 atom stereocenters. The van der Waals surface area contributed by atoms with Crippen LogP contribution in [0.25, 0.3) is 27.1 Å². The van der Waals surface area contributed by atoms with E-state index in [2.05, 4.69) is 96.5 Å². The van der Waals surface area contributed by atoms with Gasteiger partial charge in [-0.25, -0.2) is 0 Å². The van der Waals surface area contributed by atoms with Gasteiger partial charge in [0.05, 0.1) is 5.39 Å². The van der Waals surface area contributed by atoms with Crippen LogP contribution in [0.5, 0.6) is 0 Å². The van der Waals surface area contributed by atoms with Gasteiger partial charge in [-0.3, -0.25) is 0 Å². The topological polar surface area (TPSA) is 7.12 Å². The van der Waals surface area contributed by atoms with Gasteiger partial charge >= 0.3 is 0 Å². The summed E-state index contributed by atoms with van der Waals surface area (Å²) in [7, 11) is 4.22. The highest BCUT2D eigenvalue weighted by atomic mass is 127. The minimum absolute atomic E-state index is 0. The third-order valence-corrected chi connectivity index (χ3v) is 5.52.